The molecular formula is C24H26N2O3. The van der Waals surface area contributed by atoms with Gasteiger partial charge in [0.1, 0.15) is 13.2 Å². The van der Waals surface area contributed by atoms with Gasteiger partial charge in [0.05, 0.1) is 17.6 Å². The van der Waals surface area contributed by atoms with Gasteiger partial charge in [-0.05, 0) is 55.3 Å². The number of benzene rings is 2. The smallest absolute Gasteiger partial charge is 0.255 e. The Labute approximate surface area is 171 Å². The molecule has 4 rings (SSSR count). The van der Waals surface area contributed by atoms with Gasteiger partial charge in [-0.3, -0.25) is 9.78 Å². The summed E-state index contributed by atoms with van der Waals surface area (Å²) in [7, 11) is 0. The number of anilines is 1. The number of amides is 1. The van der Waals surface area contributed by atoms with Gasteiger partial charge >= 0.3 is 0 Å². The van der Waals surface area contributed by atoms with Crippen LogP contribution in [0.2, 0.25) is 0 Å². The van der Waals surface area contributed by atoms with E-state index < -0.39 is 0 Å². The molecule has 29 heavy (non-hydrogen) atoms. The molecule has 0 bridgehead atoms. The first-order valence-corrected chi connectivity index (χ1v) is 9.85. The van der Waals surface area contributed by atoms with E-state index in [1.54, 1.807) is 6.20 Å². The normalized spacial score (nSPS) is 11.9. The molecule has 1 N–H and O–H groups in total. The molecule has 0 aliphatic carbocycles. The first-order chi connectivity index (χ1) is 14.1. The minimum atomic E-state index is -0.141. The third-order valence-corrected chi connectivity index (χ3v) is 4.58. The Morgan fingerprint density at radius 2 is 1.62 bits per heavy atom. The number of rotatable bonds is 3. The zero-order chi connectivity index (χ0) is 20.8. The average Bonchev–Trinajstić information content (AvgIpc) is 2.75. The third kappa shape index (κ3) is 4.57. The van der Waals surface area contributed by atoms with Gasteiger partial charge in [-0.15, -0.1) is 0 Å². The lowest BCUT2D eigenvalue weighted by Crippen LogP contribution is -2.15. The first kappa shape index (κ1) is 20.4. The Balaban J connectivity index is 0.00000117. The topological polar surface area (TPSA) is 60.5 Å². The number of hydrogen-bond donors (Lipinski definition) is 1. The van der Waals surface area contributed by atoms with Crippen molar-refractivity contribution < 1.29 is 14.3 Å². The maximum Gasteiger partial charge on any atom is 0.255 e. The van der Waals surface area contributed by atoms with Crippen LogP contribution in [-0.4, -0.2) is 24.1 Å². The van der Waals surface area contributed by atoms with Crippen LogP contribution in [0.25, 0.3) is 11.3 Å². The van der Waals surface area contributed by atoms with Crippen LogP contribution in [-0.2, 0) is 0 Å². The molecule has 5 heteroatoms. The lowest BCUT2D eigenvalue weighted by atomic mass is 10.0. The van der Waals surface area contributed by atoms with Gasteiger partial charge < -0.3 is 14.8 Å². The standard InChI is InChI=1S/C22H20N2O3.C2H6/c1-14-5-3-4-6-17(14)22(25)24-16-7-8-19(23-13-16)18-12-21-20(11-15(18)2)26-9-10-27-21;1-2/h3-8,11-13H,9-10H2,1-2H3,(H,24,25);1-2H3. The quantitative estimate of drug-likeness (QED) is 0.649. The van der Waals surface area contributed by atoms with E-state index in [0.29, 0.717) is 24.5 Å². The second-order valence-corrected chi connectivity index (χ2v) is 6.51. The molecule has 150 valence electrons. The van der Waals surface area contributed by atoms with Crippen molar-refractivity contribution in [3.63, 3.8) is 0 Å². The van der Waals surface area contributed by atoms with E-state index in [9.17, 15) is 4.79 Å². The van der Waals surface area contributed by atoms with E-state index in [4.69, 9.17) is 9.47 Å². The minimum absolute atomic E-state index is 0.141. The Morgan fingerprint density at radius 1 is 0.931 bits per heavy atom. The van der Waals surface area contributed by atoms with Crippen molar-refractivity contribution >= 4 is 11.6 Å². The van der Waals surface area contributed by atoms with Crippen LogP contribution < -0.4 is 14.8 Å². The average molecular weight is 390 g/mol. The molecule has 0 radical (unpaired) electrons. The van der Waals surface area contributed by atoms with E-state index in [1.165, 1.54) is 0 Å². The fourth-order valence-corrected chi connectivity index (χ4v) is 3.12. The monoisotopic (exact) mass is 390 g/mol. The van der Waals surface area contributed by atoms with Crippen LogP contribution in [0.5, 0.6) is 11.5 Å². The number of aryl methyl sites for hydroxylation is 2. The van der Waals surface area contributed by atoms with Crippen molar-refractivity contribution in [3.8, 4) is 22.8 Å². The van der Waals surface area contributed by atoms with Crippen LogP contribution in [0.15, 0.2) is 54.7 Å². The fraction of sp³-hybridized carbons (Fsp3) is 0.250. The van der Waals surface area contributed by atoms with Crippen molar-refractivity contribution in [2.75, 3.05) is 18.5 Å². The molecule has 1 aromatic heterocycles. The molecule has 3 aromatic rings. The molecule has 0 unspecified atom stereocenters. The van der Waals surface area contributed by atoms with Crippen molar-refractivity contribution in [1.29, 1.82) is 0 Å². The van der Waals surface area contributed by atoms with Crippen LogP contribution in [0.3, 0.4) is 0 Å². The molecule has 2 heterocycles. The molecule has 0 fully saturated rings. The van der Waals surface area contributed by atoms with Gasteiger partial charge in [-0.2, -0.15) is 0 Å². The second kappa shape index (κ2) is 9.24. The highest BCUT2D eigenvalue weighted by Gasteiger charge is 2.16. The van der Waals surface area contributed by atoms with Gasteiger partial charge in [-0.25, -0.2) is 0 Å². The Kier molecular flexibility index (Phi) is 6.50. The second-order valence-electron chi connectivity index (χ2n) is 6.51. The number of nitrogens with zero attached hydrogens (tertiary/aromatic N) is 1. The van der Waals surface area contributed by atoms with Crippen LogP contribution >= 0.6 is 0 Å². The Bertz CT molecular complexity index is 998. The van der Waals surface area contributed by atoms with Crippen LogP contribution in [0, 0.1) is 13.8 Å². The number of pyridine rings is 1. The lowest BCUT2D eigenvalue weighted by molar-refractivity contribution is 0.102. The molecule has 0 spiro atoms. The lowest BCUT2D eigenvalue weighted by Gasteiger charge is -2.20. The maximum atomic E-state index is 12.4. The summed E-state index contributed by atoms with van der Waals surface area (Å²) in [6.07, 6.45) is 1.67. The largest absolute Gasteiger partial charge is 0.486 e. The maximum absolute atomic E-state index is 12.4. The number of fused-ring (bicyclic) bond motifs is 1. The molecule has 1 aliphatic rings. The summed E-state index contributed by atoms with van der Waals surface area (Å²) in [4.78, 5) is 17.0. The summed E-state index contributed by atoms with van der Waals surface area (Å²) in [6, 6.07) is 15.2. The summed E-state index contributed by atoms with van der Waals surface area (Å²) in [6.45, 7) is 9.05. The third-order valence-electron chi connectivity index (χ3n) is 4.58. The van der Waals surface area contributed by atoms with Gasteiger partial charge in [0.2, 0.25) is 0 Å². The number of carbonyl (C=O) groups is 1. The molecule has 0 saturated heterocycles. The van der Waals surface area contributed by atoms with Gasteiger partial charge in [0, 0.05) is 11.1 Å². The van der Waals surface area contributed by atoms with E-state index in [0.717, 1.165) is 33.9 Å². The zero-order valence-electron chi connectivity index (χ0n) is 17.3. The number of carbonyl (C=O) groups excluding carboxylic acids is 1. The Hall–Kier alpha value is -3.34. The highest BCUT2D eigenvalue weighted by molar-refractivity contribution is 6.05. The SMILES string of the molecule is CC.Cc1ccccc1C(=O)Nc1ccc(-c2cc3c(cc2C)OCCO3)nc1. The number of aromatic nitrogens is 1. The number of nitrogens with one attached hydrogen (secondary N) is 1. The molecule has 5 nitrogen and oxygen atoms in total. The number of ether oxygens (including phenoxy) is 2. The van der Waals surface area contributed by atoms with Crippen molar-refractivity contribution in [2.24, 2.45) is 0 Å². The van der Waals surface area contributed by atoms with Gasteiger partial charge in [0.25, 0.3) is 5.91 Å². The Morgan fingerprint density at radius 3 is 2.28 bits per heavy atom. The van der Waals surface area contributed by atoms with E-state index in [-0.39, 0.29) is 5.91 Å². The van der Waals surface area contributed by atoms with E-state index in [1.807, 2.05) is 76.2 Å². The highest BCUT2D eigenvalue weighted by atomic mass is 16.6. The molecule has 2 aromatic carbocycles. The molecule has 1 aliphatic heterocycles. The van der Waals surface area contributed by atoms with Crippen LogP contribution in [0.4, 0.5) is 5.69 Å². The van der Waals surface area contributed by atoms with E-state index in [2.05, 4.69) is 10.3 Å². The molecule has 0 atom stereocenters. The zero-order valence-corrected chi connectivity index (χ0v) is 17.3. The minimum Gasteiger partial charge on any atom is -0.486 e. The fourth-order valence-electron chi connectivity index (χ4n) is 3.12. The molecule has 0 saturated carbocycles. The highest BCUT2D eigenvalue weighted by Crippen LogP contribution is 2.36. The summed E-state index contributed by atoms with van der Waals surface area (Å²) >= 11 is 0. The van der Waals surface area contributed by atoms with Crippen molar-refractivity contribution in [3.05, 3.63) is 71.4 Å². The number of hydrogen-bond acceptors (Lipinski definition) is 4. The summed E-state index contributed by atoms with van der Waals surface area (Å²) in [5.41, 5.74) is 5.11. The van der Waals surface area contributed by atoms with Crippen molar-refractivity contribution in [1.82, 2.24) is 4.98 Å². The first-order valence-electron chi connectivity index (χ1n) is 9.85. The predicted octanol–water partition coefficient (Wildman–Crippen LogP) is 5.42. The van der Waals surface area contributed by atoms with Crippen molar-refractivity contribution in [2.45, 2.75) is 27.7 Å². The summed E-state index contributed by atoms with van der Waals surface area (Å²) in [5.74, 6) is 1.36. The van der Waals surface area contributed by atoms with E-state index >= 15 is 0 Å². The van der Waals surface area contributed by atoms with Crippen LogP contribution in [0.1, 0.15) is 35.3 Å². The predicted molar refractivity (Wildman–Crippen MR) is 116 cm³/mol. The summed E-state index contributed by atoms with van der Waals surface area (Å²) in [5, 5.41) is 2.90. The molecule has 1 amide bonds. The van der Waals surface area contributed by atoms with Gasteiger partial charge in [-0.1, -0.05) is 32.0 Å². The molecular weight excluding hydrogens is 364 g/mol. The van der Waals surface area contributed by atoms with Gasteiger partial charge in [0.15, 0.2) is 11.5 Å². The summed E-state index contributed by atoms with van der Waals surface area (Å²) < 4.78 is 11.3.